The maximum Gasteiger partial charge on any atom is 0.224 e. The zero-order valence-electron chi connectivity index (χ0n) is 15.5. The summed E-state index contributed by atoms with van der Waals surface area (Å²) in [6, 6.07) is 4.26. The third kappa shape index (κ3) is 5.42. The first kappa shape index (κ1) is 19.6. The summed E-state index contributed by atoms with van der Waals surface area (Å²) in [5, 5.41) is 27.1. The van der Waals surface area contributed by atoms with Crippen molar-refractivity contribution in [2.75, 3.05) is 30.4 Å². The minimum Gasteiger partial charge on any atom is -0.396 e. The molecular formula is C20H26N4O2S. The van der Waals surface area contributed by atoms with E-state index in [1.165, 1.54) is 0 Å². The summed E-state index contributed by atoms with van der Waals surface area (Å²) >= 11 is 1.61. The fraction of sp³-hybridized carbons (Fsp3) is 0.500. The van der Waals surface area contributed by atoms with Crippen LogP contribution in [0.15, 0.2) is 17.5 Å². The van der Waals surface area contributed by atoms with Gasteiger partial charge in [0.1, 0.15) is 5.82 Å². The van der Waals surface area contributed by atoms with Crippen LogP contribution < -0.4 is 10.6 Å². The smallest absolute Gasteiger partial charge is 0.224 e. The van der Waals surface area contributed by atoms with Crippen LogP contribution in [0.5, 0.6) is 0 Å². The van der Waals surface area contributed by atoms with E-state index < -0.39 is 0 Å². The highest BCUT2D eigenvalue weighted by Gasteiger charge is 2.25. The maximum absolute atomic E-state index is 9.40. The van der Waals surface area contributed by atoms with E-state index in [1.54, 1.807) is 11.3 Å². The summed E-state index contributed by atoms with van der Waals surface area (Å²) in [5.41, 5.74) is 1.63. The van der Waals surface area contributed by atoms with Gasteiger partial charge in [-0.15, -0.1) is 11.3 Å². The maximum atomic E-state index is 9.40. The number of thiophene rings is 1. The zero-order valence-corrected chi connectivity index (χ0v) is 16.4. The third-order valence-electron chi connectivity index (χ3n) is 4.68. The lowest BCUT2D eigenvalue weighted by Gasteiger charge is -2.17. The van der Waals surface area contributed by atoms with Gasteiger partial charge in [-0.25, -0.2) is 4.98 Å². The molecule has 2 heterocycles. The standard InChI is InChI=1S/C20H26N4O2S/c1-14-18(8-7-17-4-2-11-27-17)19(23-16-6-5-15(12-16)13-26)24-20(22-14)21-9-3-10-25/h2,4,11,15-16,25-26H,3,5-6,9-10,12-13H2,1H3,(H2,21,22,23,24). The lowest BCUT2D eigenvalue weighted by atomic mass is 10.1. The molecule has 2 aromatic rings. The first-order valence-corrected chi connectivity index (χ1v) is 10.2. The largest absolute Gasteiger partial charge is 0.396 e. The molecule has 144 valence electrons. The molecule has 2 aromatic heterocycles. The molecule has 2 atom stereocenters. The number of anilines is 2. The second-order valence-electron chi connectivity index (χ2n) is 6.79. The van der Waals surface area contributed by atoms with E-state index in [1.807, 2.05) is 24.4 Å². The predicted molar refractivity (Wildman–Crippen MR) is 109 cm³/mol. The van der Waals surface area contributed by atoms with Gasteiger partial charge in [0.05, 0.1) is 16.1 Å². The summed E-state index contributed by atoms with van der Waals surface area (Å²) in [5.74, 6) is 8.06. The van der Waals surface area contributed by atoms with E-state index in [2.05, 4.69) is 32.4 Å². The van der Waals surface area contributed by atoms with Crippen molar-refractivity contribution in [3.8, 4) is 11.8 Å². The van der Waals surface area contributed by atoms with Gasteiger partial charge in [0.25, 0.3) is 0 Å². The van der Waals surface area contributed by atoms with Gasteiger partial charge in [0.2, 0.25) is 5.95 Å². The second kappa shape index (κ2) is 9.70. The van der Waals surface area contributed by atoms with Crippen molar-refractivity contribution in [3.63, 3.8) is 0 Å². The number of aliphatic hydroxyl groups is 2. The van der Waals surface area contributed by atoms with Crippen LogP contribution in [0, 0.1) is 24.7 Å². The van der Waals surface area contributed by atoms with Gasteiger partial charge in [-0.3, -0.25) is 0 Å². The lowest BCUT2D eigenvalue weighted by molar-refractivity contribution is 0.229. The fourth-order valence-electron chi connectivity index (χ4n) is 3.22. The molecule has 4 N–H and O–H groups in total. The Morgan fingerprint density at radius 2 is 2.15 bits per heavy atom. The Kier molecular flexibility index (Phi) is 7.04. The van der Waals surface area contributed by atoms with E-state index in [0.29, 0.717) is 24.8 Å². The highest BCUT2D eigenvalue weighted by molar-refractivity contribution is 7.10. The topological polar surface area (TPSA) is 90.3 Å². The van der Waals surface area contributed by atoms with Gasteiger partial charge in [-0.1, -0.05) is 17.9 Å². The van der Waals surface area contributed by atoms with Crippen molar-refractivity contribution in [2.24, 2.45) is 5.92 Å². The quantitative estimate of drug-likeness (QED) is 0.432. The number of nitrogens with zero attached hydrogens (tertiary/aromatic N) is 2. The van der Waals surface area contributed by atoms with Crippen molar-refractivity contribution in [1.29, 1.82) is 0 Å². The number of rotatable bonds is 7. The summed E-state index contributed by atoms with van der Waals surface area (Å²) in [6.45, 7) is 2.92. The van der Waals surface area contributed by atoms with E-state index in [9.17, 15) is 5.11 Å². The number of aromatic nitrogens is 2. The number of aryl methyl sites for hydroxylation is 1. The van der Waals surface area contributed by atoms with Gasteiger partial charge < -0.3 is 20.8 Å². The Bertz CT molecular complexity index is 798. The molecule has 1 aliphatic carbocycles. The predicted octanol–water partition coefficient (Wildman–Crippen LogP) is 2.61. The highest BCUT2D eigenvalue weighted by Crippen LogP contribution is 2.29. The Balaban J connectivity index is 1.85. The average molecular weight is 387 g/mol. The first-order chi connectivity index (χ1) is 13.2. The van der Waals surface area contributed by atoms with Crippen molar-refractivity contribution >= 4 is 23.1 Å². The van der Waals surface area contributed by atoms with E-state index in [0.717, 1.165) is 41.2 Å². The van der Waals surface area contributed by atoms with Crippen molar-refractivity contribution in [1.82, 2.24) is 9.97 Å². The van der Waals surface area contributed by atoms with Crippen molar-refractivity contribution < 1.29 is 10.2 Å². The van der Waals surface area contributed by atoms with Crippen LogP contribution in [0.2, 0.25) is 0 Å². The molecule has 1 saturated carbocycles. The van der Waals surface area contributed by atoms with E-state index in [4.69, 9.17) is 5.11 Å². The molecule has 0 aromatic carbocycles. The van der Waals surface area contributed by atoms with E-state index in [-0.39, 0.29) is 19.3 Å². The Morgan fingerprint density at radius 3 is 2.85 bits per heavy atom. The summed E-state index contributed by atoms with van der Waals surface area (Å²) in [6.07, 6.45) is 3.62. The SMILES string of the molecule is Cc1nc(NCCCO)nc(NC2CCC(CO)C2)c1C#Cc1cccs1. The molecule has 7 heteroatoms. The highest BCUT2D eigenvalue weighted by atomic mass is 32.1. The number of aliphatic hydroxyl groups excluding tert-OH is 2. The monoisotopic (exact) mass is 386 g/mol. The fourth-order valence-corrected chi connectivity index (χ4v) is 3.80. The molecule has 1 aliphatic rings. The van der Waals surface area contributed by atoms with Crippen molar-refractivity contribution in [2.45, 2.75) is 38.6 Å². The minimum absolute atomic E-state index is 0.131. The molecule has 0 spiro atoms. The normalized spacial score (nSPS) is 18.8. The van der Waals surface area contributed by atoms with Crippen molar-refractivity contribution in [3.05, 3.63) is 33.6 Å². The average Bonchev–Trinajstić information content (AvgIpc) is 3.33. The second-order valence-corrected chi connectivity index (χ2v) is 7.74. The van der Waals surface area contributed by atoms with Crippen LogP contribution in [-0.2, 0) is 0 Å². The zero-order chi connectivity index (χ0) is 19.1. The molecule has 2 unspecified atom stereocenters. The molecule has 6 nitrogen and oxygen atoms in total. The van der Waals surface area contributed by atoms with Crippen LogP contribution in [0.1, 0.15) is 41.8 Å². The van der Waals surface area contributed by atoms with Gasteiger partial charge in [0.15, 0.2) is 0 Å². The number of nitrogens with one attached hydrogen (secondary N) is 2. The molecule has 0 aliphatic heterocycles. The summed E-state index contributed by atoms with van der Waals surface area (Å²) in [7, 11) is 0. The molecule has 3 rings (SSSR count). The first-order valence-electron chi connectivity index (χ1n) is 9.36. The van der Waals surface area contributed by atoms with Crippen LogP contribution >= 0.6 is 11.3 Å². The van der Waals surface area contributed by atoms with Crippen LogP contribution in [0.4, 0.5) is 11.8 Å². The van der Waals surface area contributed by atoms with Gasteiger partial charge in [0, 0.05) is 25.8 Å². The van der Waals surface area contributed by atoms with Gasteiger partial charge in [-0.05, 0) is 50.0 Å². The van der Waals surface area contributed by atoms with Gasteiger partial charge >= 0.3 is 0 Å². The van der Waals surface area contributed by atoms with Crippen LogP contribution in [0.25, 0.3) is 0 Å². The summed E-state index contributed by atoms with van der Waals surface area (Å²) < 4.78 is 0. The Morgan fingerprint density at radius 1 is 1.26 bits per heavy atom. The minimum atomic E-state index is 0.131. The summed E-state index contributed by atoms with van der Waals surface area (Å²) in [4.78, 5) is 10.2. The lowest BCUT2D eigenvalue weighted by Crippen LogP contribution is -2.20. The molecule has 1 fully saturated rings. The molecule has 0 bridgehead atoms. The Labute approximate surface area is 164 Å². The number of hydrogen-bond acceptors (Lipinski definition) is 7. The van der Waals surface area contributed by atoms with E-state index >= 15 is 0 Å². The van der Waals surface area contributed by atoms with Crippen LogP contribution in [0.3, 0.4) is 0 Å². The molecule has 27 heavy (non-hydrogen) atoms. The third-order valence-corrected chi connectivity index (χ3v) is 5.47. The molecule has 0 radical (unpaired) electrons. The van der Waals surface area contributed by atoms with Crippen LogP contribution in [-0.4, -0.2) is 46.0 Å². The molecule has 0 saturated heterocycles. The van der Waals surface area contributed by atoms with Gasteiger partial charge in [-0.2, -0.15) is 4.98 Å². The molecule has 0 amide bonds. The molecular weight excluding hydrogens is 360 g/mol. The Hall–Kier alpha value is -2.14. The number of hydrogen-bond donors (Lipinski definition) is 4.